The Morgan fingerprint density at radius 3 is 2.67 bits per heavy atom. The third-order valence-electron chi connectivity index (χ3n) is 3.49. The molecule has 0 unspecified atom stereocenters. The molecule has 18 heavy (non-hydrogen) atoms. The van der Waals surface area contributed by atoms with Crippen LogP contribution < -0.4 is 10.5 Å². The molecular formula is C9H22BN3O4S. The van der Waals surface area contributed by atoms with Crippen molar-refractivity contribution in [2.75, 3.05) is 20.1 Å². The van der Waals surface area contributed by atoms with Crippen LogP contribution in [0.15, 0.2) is 0 Å². The molecule has 0 aromatic heterocycles. The fourth-order valence-electron chi connectivity index (χ4n) is 2.31. The molecule has 1 heterocycles. The lowest BCUT2D eigenvalue weighted by Gasteiger charge is -2.25. The van der Waals surface area contributed by atoms with E-state index in [4.69, 9.17) is 15.8 Å². The summed E-state index contributed by atoms with van der Waals surface area (Å²) in [5.41, 5.74) is 5.54. The summed E-state index contributed by atoms with van der Waals surface area (Å²) in [4.78, 5) is 0. The van der Waals surface area contributed by atoms with Crippen LogP contribution in [-0.4, -0.2) is 55.6 Å². The van der Waals surface area contributed by atoms with Crippen LogP contribution in [0.2, 0.25) is 6.32 Å². The summed E-state index contributed by atoms with van der Waals surface area (Å²) in [6.45, 7) is 2.48. The van der Waals surface area contributed by atoms with Crippen molar-refractivity contribution in [2.24, 2.45) is 11.7 Å². The van der Waals surface area contributed by atoms with E-state index in [9.17, 15) is 8.42 Å². The molecule has 0 radical (unpaired) electrons. The Bertz CT molecular complexity index is 374. The summed E-state index contributed by atoms with van der Waals surface area (Å²) >= 11 is 0. The second-order valence-corrected chi connectivity index (χ2v) is 6.99. The molecule has 0 amide bonds. The van der Waals surface area contributed by atoms with E-state index in [-0.39, 0.29) is 18.8 Å². The standard InChI is InChI=1S/C9H22BN3O4S/c1-9(11)7-13(18(16,17)12-2)6-8(9)4-3-5-10(14)15/h8,12,14-15H,3-7,11H2,1-2H3/t8-,9-/m0/s1. The molecule has 1 saturated heterocycles. The number of rotatable bonds is 6. The SMILES string of the molecule is CNS(=O)(=O)N1C[C@H](CCCB(O)O)[C@@](C)(N)C1. The molecule has 1 aliphatic heterocycles. The quantitative estimate of drug-likeness (QED) is 0.435. The molecule has 1 fully saturated rings. The monoisotopic (exact) mass is 279 g/mol. The van der Waals surface area contributed by atoms with E-state index < -0.39 is 22.9 Å². The van der Waals surface area contributed by atoms with Crippen LogP contribution in [-0.2, 0) is 10.2 Å². The number of hydrogen-bond acceptors (Lipinski definition) is 5. The van der Waals surface area contributed by atoms with Gasteiger partial charge in [0.1, 0.15) is 0 Å². The molecule has 0 aromatic carbocycles. The van der Waals surface area contributed by atoms with E-state index in [1.165, 1.54) is 11.4 Å². The number of nitrogens with zero attached hydrogens (tertiary/aromatic N) is 1. The normalized spacial score (nSPS) is 29.7. The Morgan fingerprint density at radius 2 is 2.17 bits per heavy atom. The van der Waals surface area contributed by atoms with Crippen LogP contribution in [0.1, 0.15) is 19.8 Å². The largest absolute Gasteiger partial charge is 0.451 e. The average molecular weight is 279 g/mol. The highest BCUT2D eigenvalue weighted by Crippen LogP contribution is 2.30. The van der Waals surface area contributed by atoms with Gasteiger partial charge >= 0.3 is 7.12 Å². The van der Waals surface area contributed by atoms with Gasteiger partial charge in [-0.05, 0) is 25.6 Å². The first kappa shape index (κ1) is 15.9. The van der Waals surface area contributed by atoms with Crippen LogP contribution in [0.4, 0.5) is 0 Å². The number of hydrogen-bond donors (Lipinski definition) is 4. The van der Waals surface area contributed by atoms with E-state index in [2.05, 4.69) is 4.72 Å². The highest BCUT2D eigenvalue weighted by molar-refractivity contribution is 7.87. The van der Waals surface area contributed by atoms with Gasteiger partial charge in [0.25, 0.3) is 10.2 Å². The maximum atomic E-state index is 11.7. The minimum absolute atomic E-state index is 0.0272. The zero-order valence-corrected chi connectivity index (χ0v) is 11.7. The molecule has 2 atom stereocenters. The van der Waals surface area contributed by atoms with Gasteiger partial charge in [-0.2, -0.15) is 12.7 Å². The lowest BCUT2D eigenvalue weighted by molar-refractivity contribution is 0.343. The van der Waals surface area contributed by atoms with Crippen molar-refractivity contribution in [3.63, 3.8) is 0 Å². The van der Waals surface area contributed by atoms with Gasteiger partial charge in [0.05, 0.1) is 0 Å². The minimum atomic E-state index is -3.44. The molecule has 0 bridgehead atoms. The smallest absolute Gasteiger partial charge is 0.427 e. The van der Waals surface area contributed by atoms with Crippen molar-refractivity contribution < 1.29 is 18.5 Å². The second-order valence-electron chi connectivity index (χ2n) is 5.12. The van der Waals surface area contributed by atoms with Gasteiger partial charge < -0.3 is 15.8 Å². The lowest BCUT2D eigenvalue weighted by Crippen LogP contribution is -2.46. The first-order valence-corrected chi connectivity index (χ1v) is 7.46. The van der Waals surface area contributed by atoms with Gasteiger partial charge in [0.2, 0.25) is 0 Å². The summed E-state index contributed by atoms with van der Waals surface area (Å²) in [7, 11) is -3.38. The Morgan fingerprint density at radius 1 is 1.56 bits per heavy atom. The first-order valence-electron chi connectivity index (χ1n) is 6.02. The maximum Gasteiger partial charge on any atom is 0.451 e. The molecule has 9 heteroatoms. The maximum absolute atomic E-state index is 11.7. The summed E-state index contributed by atoms with van der Waals surface area (Å²) in [5, 5.41) is 17.6. The molecule has 7 nitrogen and oxygen atoms in total. The molecular weight excluding hydrogens is 257 g/mol. The van der Waals surface area contributed by atoms with Crippen LogP contribution in [0.3, 0.4) is 0 Å². The van der Waals surface area contributed by atoms with E-state index >= 15 is 0 Å². The van der Waals surface area contributed by atoms with Crippen molar-refractivity contribution in [3.8, 4) is 0 Å². The summed E-state index contributed by atoms with van der Waals surface area (Å²) in [6.07, 6.45) is 1.58. The van der Waals surface area contributed by atoms with Gasteiger partial charge in [-0.1, -0.05) is 6.42 Å². The van der Waals surface area contributed by atoms with Crippen molar-refractivity contribution in [2.45, 2.75) is 31.6 Å². The fourth-order valence-corrected chi connectivity index (χ4v) is 3.39. The van der Waals surface area contributed by atoms with Gasteiger partial charge in [0, 0.05) is 25.7 Å². The van der Waals surface area contributed by atoms with Crippen LogP contribution >= 0.6 is 0 Å². The second kappa shape index (κ2) is 5.85. The van der Waals surface area contributed by atoms with Crippen molar-refractivity contribution >= 4 is 17.3 Å². The predicted molar refractivity (Wildman–Crippen MR) is 69.9 cm³/mol. The zero-order chi connectivity index (χ0) is 14.0. The topological polar surface area (TPSA) is 116 Å². The van der Waals surface area contributed by atoms with Gasteiger partial charge in [-0.3, -0.25) is 0 Å². The third kappa shape index (κ3) is 3.90. The fraction of sp³-hybridized carbons (Fsp3) is 1.00. The Labute approximate surface area is 109 Å². The Balaban J connectivity index is 2.60. The Kier molecular flexibility index (Phi) is 5.16. The van der Waals surface area contributed by atoms with Crippen molar-refractivity contribution in [1.29, 1.82) is 0 Å². The predicted octanol–water partition coefficient (Wildman–Crippen LogP) is -1.65. The van der Waals surface area contributed by atoms with Gasteiger partial charge in [0.15, 0.2) is 0 Å². The lowest BCUT2D eigenvalue weighted by atomic mass is 9.79. The molecule has 0 saturated carbocycles. The zero-order valence-electron chi connectivity index (χ0n) is 10.8. The van der Waals surface area contributed by atoms with Crippen molar-refractivity contribution in [3.05, 3.63) is 0 Å². The molecule has 106 valence electrons. The third-order valence-corrected chi connectivity index (χ3v) is 4.96. The highest BCUT2D eigenvalue weighted by atomic mass is 32.2. The van der Waals surface area contributed by atoms with Crippen molar-refractivity contribution in [1.82, 2.24) is 9.03 Å². The summed E-state index contributed by atoms with van der Waals surface area (Å²) in [5.74, 6) is 0.0272. The number of nitrogens with one attached hydrogen (secondary N) is 1. The molecule has 1 rings (SSSR count). The van der Waals surface area contributed by atoms with Crippen LogP contribution in [0, 0.1) is 5.92 Å². The molecule has 0 spiro atoms. The van der Waals surface area contributed by atoms with E-state index in [1.54, 1.807) is 0 Å². The molecule has 0 aliphatic carbocycles. The van der Waals surface area contributed by atoms with Crippen LogP contribution in [0.5, 0.6) is 0 Å². The van der Waals surface area contributed by atoms with Crippen LogP contribution in [0.25, 0.3) is 0 Å². The molecule has 0 aromatic rings. The van der Waals surface area contributed by atoms with E-state index in [0.717, 1.165) is 0 Å². The first-order chi connectivity index (χ1) is 8.19. The molecule has 5 N–H and O–H groups in total. The van der Waals surface area contributed by atoms with Gasteiger partial charge in [-0.15, -0.1) is 0 Å². The summed E-state index contributed by atoms with van der Waals surface area (Å²) < 4.78 is 27.0. The van der Waals surface area contributed by atoms with E-state index in [1.807, 2.05) is 6.92 Å². The summed E-state index contributed by atoms with van der Waals surface area (Å²) in [6, 6.07) is 0. The highest BCUT2D eigenvalue weighted by Gasteiger charge is 2.43. The number of nitrogens with two attached hydrogens (primary N) is 1. The molecule has 1 aliphatic rings. The minimum Gasteiger partial charge on any atom is -0.427 e. The average Bonchev–Trinajstić information content (AvgIpc) is 2.55. The van der Waals surface area contributed by atoms with Gasteiger partial charge in [-0.25, -0.2) is 4.72 Å². The Hall–Kier alpha value is -0.185. The van der Waals surface area contributed by atoms with E-state index in [0.29, 0.717) is 19.4 Å².